The number of nitrogens with one attached hydrogen (secondary N) is 1. The van der Waals surface area contributed by atoms with Crippen molar-refractivity contribution in [3.05, 3.63) is 35.9 Å². The molecular formula is C25H37N5O2S. The third kappa shape index (κ3) is 5.90. The smallest absolute Gasteiger partial charge is 0.245 e. The topological polar surface area (TPSA) is 59.1 Å². The van der Waals surface area contributed by atoms with E-state index in [0.717, 1.165) is 18.6 Å². The highest BCUT2D eigenvalue weighted by molar-refractivity contribution is 7.98. The molecule has 2 fully saturated rings. The van der Waals surface area contributed by atoms with Crippen LogP contribution in [0.1, 0.15) is 38.7 Å². The molecule has 1 aromatic carbocycles. The first-order valence-electron chi connectivity index (χ1n) is 11.9. The van der Waals surface area contributed by atoms with Gasteiger partial charge in [-0.25, -0.2) is 10.0 Å². The van der Waals surface area contributed by atoms with E-state index in [2.05, 4.69) is 42.2 Å². The molecule has 0 radical (unpaired) electrons. The van der Waals surface area contributed by atoms with Gasteiger partial charge in [-0.3, -0.25) is 14.9 Å². The molecule has 2 atom stereocenters. The summed E-state index contributed by atoms with van der Waals surface area (Å²) in [6.45, 7) is 6.57. The second-order valence-electron chi connectivity index (χ2n) is 8.58. The summed E-state index contributed by atoms with van der Waals surface area (Å²) in [6, 6.07) is 9.99. The predicted molar refractivity (Wildman–Crippen MR) is 134 cm³/mol. The number of terminal acetylenes is 1. The average molecular weight is 472 g/mol. The van der Waals surface area contributed by atoms with Crippen molar-refractivity contribution in [1.82, 2.24) is 25.1 Å². The first-order valence-corrected chi connectivity index (χ1v) is 13.2. The molecule has 0 bridgehead atoms. The first kappa shape index (κ1) is 25.6. The second kappa shape index (κ2) is 12.4. The van der Waals surface area contributed by atoms with Gasteiger partial charge in [-0.1, -0.05) is 50.1 Å². The van der Waals surface area contributed by atoms with Crippen LogP contribution in [0, 0.1) is 12.3 Å². The Morgan fingerprint density at radius 3 is 2.58 bits per heavy atom. The van der Waals surface area contributed by atoms with Crippen molar-refractivity contribution < 1.29 is 9.59 Å². The van der Waals surface area contributed by atoms with Crippen LogP contribution in [0.15, 0.2) is 30.3 Å². The fourth-order valence-electron chi connectivity index (χ4n) is 4.89. The Labute approximate surface area is 202 Å². The van der Waals surface area contributed by atoms with Gasteiger partial charge < -0.3 is 9.80 Å². The molecule has 2 aliphatic heterocycles. The number of hydrogen-bond acceptors (Lipinski definition) is 6. The van der Waals surface area contributed by atoms with Gasteiger partial charge in [0.2, 0.25) is 11.8 Å². The zero-order chi connectivity index (χ0) is 23.8. The van der Waals surface area contributed by atoms with Gasteiger partial charge in [-0.2, -0.15) is 11.8 Å². The van der Waals surface area contributed by atoms with Crippen LogP contribution in [-0.4, -0.2) is 88.2 Å². The third-order valence-electron chi connectivity index (χ3n) is 6.60. The van der Waals surface area contributed by atoms with E-state index in [1.165, 1.54) is 5.56 Å². The number of fused-ring (bicyclic) bond motifs is 1. The Hall–Kier alpha value is -2.05. The van der Waals surface area contributed by atoms with E-state index in [-0.39, 0.29) is 30.6 Å². The minimum Gasteiger partial charge on any atom is -0.334 e. The van der Waals surface area contributed by atoms with Crippen LogP contribution < -0.4 is 5.32 Å². The zero-order valence-corrected chi connectivity index (χ0v) is 20.9. The van der Waals surface area contributed by atoms with E-state index < -0.39 is 6.04 Å². The summed E-state index contributed by atoms with van der Waals surface area (Å²) >= 11 is 1.71. The van der Waals surface area contributed by atoms with Crippen molar-refractivity contribution in [2.24, 2.45) is 0 Å². The van der Waals surface area contributed by atoms with E-state index >= 15 is 0 Å². The van der Waals surface area contributed by atoms with Crippen LogP contribution in [0.4, 0.5) is 0 Å². The van der Waals surface area contributed by atoms with Gasteiger partial charge >= 0.3 is 0 Å². The van der Waals surface area contributed by atoms with Crippen LogP contribution in [0.2, 0.25) is 0 Å². The maximum atomic E-state index is 13.5. The average Bonchev–Trinajstić information content (AvgIpc) is 2.82. The van der Waals surface area contributed by atoms with Crippen LogP contribution in [0.25, 0.3) is 0 Å². The van der Waals surface area contributed by atoms with Gasteiger partial charge in [0, 0.05) is 12.6 Å². The number of rotatable bonds is 11. The number of nitrogens with zero attached hydrogens (tertiary/aromatic N) is 4. The summed E-state index contributed by atoms with van der Waals surface area (Å²) in [5.41, 5.74) is 1.20. The van der Waals surface area contributed by atoms with E-state index in [1.807, 2.05) is 39.3 Å². The van der Waals surface area contributed by atoms with Crippen molar-refractivity contribution in [1.29, 1.82) is 0 Å². The van der Waals surface area contributed by atoms with E-state index in [0.29, 0.717) is 32.7 Å². The van der Waals surface area contributed by atoms with E-state index in [4.69, 9.17) is 6.42 Å². The molecule has 0 spiro atoms. The molecule has 2 saturated heterocycles. The van der Waals surface area contributed by atoms with Crippen molar-refractivity contribution in [2.75, 3.05) is 38.3 Å². The molecule has 0 aromatic heterocycles. The van der Waals surface area contributed by atoms with Gasteiger partial charge in [-0.05, 0) is 36.8 Å². The Bertz CT molecular complexity index is 826. The molecular weight excluding hydrogens is 434 g/mol. The number of carbonyl (C=O) groups excluding carboxylic acids is 2. The SMILES string of the molecule is C#CCN1CC(=O)N2[C@@H](CCSC)C(=O)N(C(CC)CC)C[C@@H]2N1CNCc1ccccc1. The number of hydrogen-bond donors (Lipinski definition) is 1. The first-order chi connectivity index (χ1) is 16.0. The van der Waals surface area contributed by atoms with Gasteiger partial charge in [0.25, 0.3) is 0 Å². The highest BCUT2D eigenvalue weighted by Crippen LogP contribution is 2.30. The molecule has 2 heterocycles. The molecule has 1 N–H and O–H groups in total. The molecule has 8 heteroatoms. The monoisotopic (exact) mass is 471 g/mol. The normalized spacial score (nSPS) is 22.0. The molecule has 0 saturated carbocycles. The van der Waals surface area contributed by atoms with E-state index in [9.17, 15) is 9.59 Å². The summed E-state index contributed by atoms with van der Waals surface area (Å²) in [5.74, 6) is 3.61. The lowest BCUT2D eigenvalue weighted by Gasteiger charge is -2.56. The molecule has 180 valence electrons. The molecule has 7 nitrogen and oxygen atoms in total. The molecule has 33 heavy (non-hydrogen) atoms. The molecule has 2 amide bonds. The standard InChI is InChI=1S/C25H37N5O2S/c1-5-14-27-18-24(31)30-22(13-15-33-4)25(32)28(21(6-2)7-3)17-23(30)29(27)19-26-16-20-11-9-8-10-12-20/h1,8-12,21-23,26H,6-7,13-19H2,2-4H3/t22-,23+/m0/s1. The number of hydrazine groups is 1. The predicted octanol–water partition coefficient (Wildman–Crippen LogP) is 2.21. The summed E-state index contributed by atoms with van der Waals surface area (Å²) in [7, 11) is 0. The second-order valence-corrected chi connectivity index (χ2v) is 9.56. The quantitative estimate of drug-likeness (QED) is 0.500. The number of amides is 2. The number of benzene rings is 1. The van der Waals surface area contributed by atoms with Crippen molar-refractivity contribution >= 4 is 23.6 Å². The highest BCUT2D eigenvalue weighted by atomic mass is 32.2. The maximum Gasteiger partial charge on any atom is 0.245 e. The van der Waals surface area contributed by atoms with Gasteiger partial charge in [0.1, 0.15) is 12.2 Å². The summed E-state index contributed by atoms with van der Waals surface area (Å²) < 4.78 is 0. The molecule has 2 aliphatic rings. The Morgan fingerprint density at radius 2 is 1.94 bits per heavy atom. The Morgan fingerprint density at radius 1 is 1.21 bits per heavy atom. The number of carbonyl (C=O) groups is 2. The number of thioether (sulfide) groups is 1. The summed E-state index contributed by atoms with van der Waals surface area (Å²) in [6.07, 6.45) is 9.93. The van der Waals surface area contributed by atoms with Gasteiger partial charge in [-0.15, -0.1) is 6.42 Å². The van der Waals surface area contributed by atoms with E-state index in [1.54, 1.807) is 11.8 Å². The molecule has 3 rings (SSSR count). The fourth-order valence-corrected chi connectivity index (χ4v) is 5.34. The fraction of sp³-hybridized carbons (Fsp3) is 0.600. The molecule has 0 aliphatic carbocycles. The van der Waals surface area contributed by atoms with Crippen molar-refractivity contribution in [3.63, 3.8) is 0 Å². The summed E-state index contributed by atoms with van der Waals surface area (Å²) in [5, 5.41) is 7.64. The molecule has 1 aromatic rings. The maximum absolute atomic E-state index is 13.5. The number of piperazine rings is 1. The van der Waals surface area contributed by atoms with Gasteiger partial charge in [0.15, 0.2) is 0 Å². The van der Waals surface area contributed by atoms with Crippen molar-refractivity contribution in [2.45, 2.75) is 57.9 Å². The zero-order valence-electron chi connectivity index (χ0n) is 20.1. The van der Waals surface area contributed by atoms with Crippen LogP contribution in [-0.2, 0) is 16.1 Å². The highest BCUT2D eigenvalue weighted by Gasteiger charge is 2.50. The minimum atomic E-state index is -0.422. The van der Waals surface area contributed by atoms with Gasteiger partial charge in [0.05, 0.1) is 26.3 Å². The lowest BCUT2D eigenvalue weighted by atomic mass is 10.0. The van der Waals surface area contributed by atoms with Crippen LogP contribution in [0.3, 0.4) is 0 Å². The lowest BCUT2D eigenvalue weighted by Crippen LogP contribution is -2.76. The lowest BCUT2D eigenvalue weighted by molar-refractivity contribution is -0.204. The Balaban J connectivity index is 1.87. The molecule has 0 unspecified atom stereocenters. The largest absolute Gasteiger partial charge is 0.334 e. The summed E-state index contributed by atoms with van der Waals surface area (Å²) in [4.78, 5) is 30.7. The Kier molecular flexibility index (Phi) is 9.63. The third-order valence-corrected chi connectivity index (χ3v) is 7.24. The van der Waals surface area contributed by atoms with Crippen LogP contribution >= 0.6 is 11.8 Å². The minimum absolute atomic E-state index is 0.0155. The van der Waals surface area contributed by atoms with Crippen LogP contribution in [0.5, 0.6) is 0 Å². The van der Waals surface area contributed by atoms with Crippen molar-refractivity contribution in [3.8, 4) is 12.3 Å².